The van der Waals surface area contributed by atoms with Crippen molar-refractivity contribution in [2.75, 3.05) is 32.1 Å². The molecule has 1 aliphatic heterocycles. The largest absolute Gasteiger partial charge is 0.375 e. The van der Waals surface area contributed by atoms with Crippen molar-refractivity contribution in [3.05, 3.63) is 29.8 Å². The van der Waals surface area contributed by atoms with E-state index in [1.807, 2.05) is 0 Å². The number of halogens is 1. The molecule has 1 heterocycles. The molecular formula is C14H20ClN3O3. The van der Waals surface area contributed by atoms with Gasteiger partial charge in [0.25, 0.3) is 5.91 Å². The summed E-state index contributed by atoms with van der Waals surface area (Å²) in [5.74, 6) is -0.383. The minimum Gasteiger partial charge on any atom is -0.375 e. The van der Waals surface area contributed by atoms with E-state index in [0.717, 1.165) is 6.54 Å². The molecule has 0 saturated carbocycles. The molecule has 1 aromatic carbocycles. The molecule has 1 fully saturated rings. The predicted molar refractivity (Wildman–Crippen MR) is 82.9 cm³/mol. The molecule has 116 valence electrons. The molecule has 1 saturated heterocycles. The average Bonchev–Trinajstić information content (AvgIpc) is 2.48. The number of rotatable bonds is 4. The van der Waals surface area contributed by atoms with E-state index < -0.39 is 0 Å². The van der Waals surface area contributed by atoms with E-state index in [1.165, 1.54) is 0 Å². The molecule has 0 aliphatic carbocycles. The van der Waals surface area contributed by atoms with Gasteiger partial charge in [-0.15, -0.1) is 12.4 Å². The lowest BCUT2D eigenvalue weighted by Crippen LogP contribution is -2.40. The summed E-state index contributed by atoms with van der Waals surface area (Å²) in [6.45, 7) is 2.11. The summed E-state index contributed by atoms with van der Waals surface area (Å²) >= 11 is 0. The first-order valence-corrected chi connectivity index (χ1v) is 6.64. The second-order valence-electron chi connectivity index (χ2n) is 4.57. The highest BCUT2D eigenvalue weighted by Gasteiger charge is 2.18. The van der Waals surface area contributed by atoms with Crippen LogP contribution in [0.3, 0.4) is 0 Å². The van der Waals surface area contributed by atoms with Crippen LogP contribution in [0.1, 0.15) is 16.8 Å². The molecular weight excluding hydrogens is 294 g/mol. The highest BCUT2D eigenvalue weighted by Crippen LogP contribution is 2.15. The number of benzene rings is 1. The zero-order valence-corrected chi connectivity index (χ0v) is 12.7. The second-order valence-corrected chi connectivity index (χ2v) is 4.57. The lowest BCUT2D eigenvalue weighted by molar-refractivity contribution is -0.119. The predicted octanol–water partition coefficient (Wildman–Crippen LogP) is 0.785. The van der Waals surface area contributed by atoms with Gasteiger partial charge >= 0.3 is 0 Å². The Morgan fingerprint density at radius 1 is 1.38 bits per heavy atom. The third-order valence-corrected chi connectivity index (χ3v) is 3.09. The Hall–Kier alpha value is -1.63. The molecule has 0 radical (unpaired) electrons. The minimum atomic E-state index is -0.225. The van der Waals surface area contributed by atoms with Gasteiger partial charge in [-0.3, -0.25) is 9.59 Å². The van der Waals surface area contributed by atoms with Gasteiger partial charge in [0.15, 0.2) is 0 Å². The highest BCUT2D eigenvalue weighted by atomic mass is 35.5. The summed E-state index contributed by atoms with van der Waals surface area (Å²) in [5, 5.41) is 8.49. The first-order chi connectivity index (χ1) is 9.70. The number of morpholine rings is 1. The Kier molecular flexibility index (Phi) is 7.14. The molecule has 3 N–H and O–H groups in total. The monoisotopic (exact) mass is 313 g/mol. The van der Waals surface area contributed by atoms with Crippen LogP contribution in [0.5, 0.6) is 0 Å². The SMILES string of the molecule is CNC(=O)c1ccccc1NC(=O)CC1CNCCO1.Cl. The quantitative estimate of drug-likeness (QED) is 0.767. The highest BCUT2D eigenvalue weighted by molar-refractivity contribution is 6.03. The van der Waals surface area contributed by atoms with Gasteiger partial charge in [-0.25, -0.2) is 0 Å². The number of hydrogen-bond donors (Lipinski definition) is 3. The van der Waals surface area contributed by atoms with Gasteiger partial charge in [-0.1, -0.05) is 12.1 Å². The maximum absolute atomic E-state index is 12.0. The van der Waals surface area contributed by atoms with Gasteiger partial charge in [0.1, 0.15) is 0 Å². The molecule has 21 heavy (non-hydrogen) atoms. The molecule has 2 amide bonds. The van der Waals surface area contributed by atoms with Crippen LogP contribution in [-0.2, 0) is 9.53 Å². The maximum atomic E-state index is 12.0. The summed E-state index contributed by atoms with van der Waals surface area (Å²) in [6, 6.07) is 6.92. The number of anilines is 1. The first-order valence-electron chi connectivity index (χ1n) is 6.64. The number of carbonyl (C=O) groups is 2. The Bertz CT molecular complexity index is 490. The van der Waals surface area contributed by atoms with Crippen LogP contribution < -0.4 is 16.0 Å². The van der Waals surface area contributed by atoms with Crippen molar-refractivity contribution in [1.29, 1.82) is 0 Å². The van der Waals surface area contributed by atoms with E-state index >= 15 is 0 Å². The van der Waals surface area contributed by atoms with Crippen LogP contribution in [0, 0.1) is 0 Å². The third kappa shape index (κ3) is 5.00. The van der Waals surface area contributed by atoms with Crippen molar-refractivity contribution in [2.24, 2.45) is 0 Å². The van der Waals surface area contributed by atoms with E-state index in [9.17, 15) is 9.59 Å². The number of hydrogen-bond acceptors (Lipinski definition) is 4. The van der Waals surface area contributed by atoms with Crippen LogP contribution in [0.2, 0.25) is 0 Å². The number of nitrogens with one attached hydrogen (secondary N) is 3. The van der Waals surface area contributed by atoms with E-state index in [2.05, 4.69) is 16.0 Å². The number of para-hydroxylation sites is 1. The summed E-state index contributed by atoms with van der Waals surface area (Å²) < 4.78 is 5.48. The summed E-state index contributed by atoms with van der Waals surface area (Å²) in [4.78, 5) is 23.7. The second kappa shape index (κ2) is 8.61. The van der Waals surface area contributed by atoms with Crippen molar-refractivity contribution >= 4 is 29.9 Å². The van der Waals surface area contributed by atoms with Crippen molar-refractivity contribution in [1.82, 2.24) is 10.6 Å². The van der Waals surface area contributed by atoms with Gasteiger partial charge in [0.2, 0.25) is 5.91 Å². The van der Waals surface area contributed by atoms with Crippen LogP contribution >= 0.6 is 12.4 Å². The zero-order valence-electron chi connectivity index (χ0n) is 11.8. The van der Waals surface area contributed by atoms with E-state index in [-0.39, 0.29) is 36.7 Å². The van der Waals surface area contributed by atoms with Gasteiger partial charge in [-0.05, 0) is 12.1 Å². The fourth-order valence-corrected chi connectivity index (χ4v) is 2.08. The van der Waals surface area contributed by atoms with Crippen molar-refractivity contribution in [3.63, 3.8) is 0 Å². The molecule has 0 bridgehead atoms. The topological polar surface area (TPSA) is 79.5 Å². The number of carbonyl (C=O) groups excluding carboxylic acids is 2. The van der Waals surface area contributed by atoms with Crippen LogP contribution in [0.15, 0.2) is 24.3 Å². The van der Waals surface area contributed by atoms with E-state index in [1.54, 1.807) is 31.3 Å². The number of amides is 2. The molecule has 1 atom stereocenters. The Morgan fingerprint density at radius 2 is 2.14 bits per heavy atom. The zero-order chi connectivity index (χ0) is 14.4. The smallest absolute Gasteiger partial charge is 0.253 e. The Labute approximate surface area is 130 Å². The third-order valence-electron chi connectivity index (χ3n) is 3.09. The first kappa shape index (κ1) is 17.4. The normalized spacial score (nSPS) is 17.5. The van der Waals surface area contributed by atoms with E-state index in [4.69, 9.17) is 4.74 Å². The lowest BCUT2D eigenvalue weighted by atomic mass is 10.1. The fraction of sp³-hybridized carbons (Fsp3) is 0.429. The number of ether oxygens (including phenoxy) is 1. The average molecular weight is 314 g/mol. The molecule has 0 aromatic heterocycles. The standard InChI is InChI=1S/C14H19N3O3.ClH/c1-15-14(19)11-4-2-3-5-12(11)17-13(18)8-10-9-16-6-7-20-10;/h2-5,10,16H,6-9H2,1H3,(H,15,19)(H,17,18);1H. The van der Waals surface area contributed by atoms with Crippen LogP contribution in [-0.4, -0.2) is 44.7 Å². The van der Waals surface area contributed by atoms with Gasteiger partial charge in [0, 0.05) is 20.1 Å². The molecule has 7 heteroatoms. The molecule has 1 aliphatic rings. The van der Waals surface area contributed by atoms with E-state index in [0.29, 0.717) is 24.4 Å². The Balaban J connectivity index is 0.00000220. The molecule has 2 rings (SSSR count). The minimum absolute atomic E-state index is 0. The molecule has 1 aromatic rings. The van der Waals surface area contributed by atoms with Crippen molar-refractivity contribution in [3.8, 4) is 0 Å². The maximum Gasteiger partial charge on any atom is 0.253 e. The van der Waals surface area contributed by atoms with Gasteiger partial charge in [0.05, 0.1) is 30.4 Å². The lowest BCUT2D eigenvalue weighted by Gasteiger charge is -2.23. The molecule has 1 unspecified atom stereocenters. The summed E-state index contributed by atoms with van der Waals surface area (Å²) in [6.07, 6.45) is 0.158. The summed E-state index contributed by atoms with van der Waals surface area (Å²) in [7, 11) is 1.56. The molecule has 6 nitrogen and oxygen atoms in total. The van der Waals surface area contributed by atoms with Crippen molar-refractivity contribution < 1.29 is 14.3 Å². The van der Waals surface area contributed by atoms with Crippen molar-refractivity contribution in [2.45, 2.75) is 12.5 Å². The van der Waals surface area contributed by atoms with Crippen LogP contribution in [0.25, 0.3) is 0 Å². The van der Waals surface area contributed by atoms with Gasteiger partial charge in [-0.2, -0.15) is 0 Å². The summed E-state index contributed by atoms with van der Waals surface area (Å²) in [5.41, 5.74) is 0.964. The fourth-order valence-electron chi connectivity index (χ4n) is 2.08. The molecule has 0 spiro atoms. The Morgan fingerprint density at radius 3 is 2.81 bits per heavy atom. The van der Waals surface area contributed by atoms with Crippen LogP contribution in [0.4, 0.5) is 5.69 Å². The van der Waals surface area contributed by atoms with Gasteiger partial charge < -0.3 is 20.7 Å².